The number of aryl methyl sites for hydroxylation is 2. The standard InChI is InChI=1S/C26H21ClO5/c1-15-12-21-23(13-16(15)2)32-25(18-6-10-20(30-3)11-7-18)26(24(21)29)31-14-22(28)17-4-8-19(27)9-5-17/h4-13H,14H2,1-3H3. The molecule has 162 valence electrons. The van der Waals surface area contributed by atoms with Gasteiger partial charge in [0, 0.05) is 16.1 Å². The monoisotopic (exact) mass is 448 g/mol. The molecule has 4 aromatic rings. The van der Waals surface area contributed by atoms with E-state index in [9.17, 15) is 9.59 Å². The van der Waals surface area contributed by atoms with E-state index < -0.39 is 0 Å². The average molecular weight is 449 g/mol. The van der Waals surface area contributed by atoms with E-state index in [2.05, 4.69) is 0 Å². The summed E-state index contributed by atoms with van der Waals surface area (Å²) in [5, 5.41) is 0.935. The molecule has 32 heavy (non-hydrogen) atoms. The summed E-state index contributed by atoms with van der Waals surface area (Å²) in [6.07, 6.45) is 0. The van der Waals surface area contributed by atoms with Crippen LogP contribution in [0.15, 0.2) is 69.9 Å². The van der Waals surface area contributed by atoms with Gasteiger partial charge in [-0.1, -0.05) is 11.6 Å². The summed E-state index contributed by atoms with van der Waals surface area (Å²) in [6.45, 7) is 3.57. The maximum atomic E-state index is 13.4. The highest BCUT2D eigenvalue weighted by Gasteiger charge is 2.20. The number of halogens is 1. The smallest absolute Gasteiger partial charge is 0.235 e. The van der Waals surface area contributed by atoms with Crippen LogP contribution >= 0.6 is 11.6 Å². The average Bonchev–Trinajstić information content (AvgIpc) is 2.80. The van der Waals surface area contributed by atoms with Gasteiger partial charge < -0.3 is 13.9 Å². The van der Waals surface area contributed by atoms with E-state index in [-0.39, 0.29) is 29.3 Å². The van der Waals surface area contributed by atoms with Crippen LogP contribution in [0.1, 0.15) is 21.5 Å². The number of carbonyl (C=O) groups excluding carboxylic acids is 1. The Bertz CT molecular complexity index is 1350. The van der Waals surface area contributed by atoms with Crippen molar-refractivity contribution in [1.29, 1.82) is 0 Å². The Kier molecular flexibility index (Phi) is 6.01. The zero-order valence-electron chi connectivity index (χ0n) is 17.9. The molecule has 0 N–H and O–H groups in total. The van der Waals surface area contributed by atoms with E-state index in [1.54, 1.807) is 61.7 Å². The van der Waals surface area contributed by atoms with Gasteiger partial charge in [-0.05, 0) is 85.6 Å². The van der Waals surface area contributed by atoms with Crippen molar-refractivity contribution in [3.8, 4) is 22.8 Å². The highest BCUT2D eigenvalue weighted by Crippen LogP contribution is 2.33. The van der Waals surface area contributed by atoms with Crippen LogP contribution in [0.2, 0.25) is 5.02 Å². The highest BCUT2D eigenvalue weighted by molar-refractivity contribution is 6.30. The Balaban J connectivity index is 1.79. The second-order valence-electron chi connectivity index (χ2n) is 7.47. The third-order valence-electron chi connectivity index (χ3n) is 5.33. The molecule has 0 saturated heterocycles. The largest absolute Gasteiger partial charge is 0.497 e. The summed E-state index contributed by atoms with van der Waals surface area (Å²) in [6, 6.07) is 17.2. The summed E-state index contributed by atoms with van der Waals surface area (Å²) < 4.78 is 17.1. The molecule has 0 atom stereocenters. The predicted octanol–water partition coefficient (Wildman–Crippen LogP) is 6.00. The van der Waals surface area contributed by atoms with Crippen molar-refractivity contribution in [2.45, 2.75) is 13.8 Å². The van der Waals surface area contributed by atoms with Gasteiger partial charge in [0.25, 0.3) is 0 Å². The number of hydrogen-bond donors (Lipinski definition) is 0. The molecule has 6 heteroatoms. The summed E-state index contributed by atoms with van der Waals surface area (Å²) in [4.78, 5) is 26.0. The van der Waals surface area contributed by atoms with Gasteiger partial charge in [-0.15, -0.1) is 0 Å². The molecular formula is C26H21ClO5. The molecule has 0 radical (unpaired) electrons. The molecule has 0 spiro atoms. The minimum atomic E-state index is -0.330. The first-order chi connectivity index (χ1) is 15.4. The molecule has 0 unspecified atom stereocenters. The number of Topliss-reactive ketones (excluding diaryl/α,β-unsaturated/α-hetero) is 1. The van der Waals surface area contributed by atoms with Gasteiger partial charge in [0.1, 0.15) is 11.3 Å². The summed E-state index contributed by atoms with van der Waals surface area (Å²) in [5.41, 5.74) is 3.18. The minimum absolute atomic E-state index is 0.00627. The first-order valence-electron chi connectivity index (χ1n) is 10.0. The molecular weight excluding hydrogens is 428 g/mol. The topological polar surface area (TPSA) is 65.7 Å². The zero-order chi connectivity index (χ0) is 22.8. The first-order valence-corrected chi connectivity index (χ1v) is 10.4. The molecule has 0 fully saturated rings. The molecule has 5 nitrogen and oxygen atoms in total. The molecule has 0 bridgehead atoms. The number of rotatable bonds is 6. The van der Waals surface area contributed by atoms with Crippen LogP contribution < -0.4 is 14.9 Å². The normalized spacial score (nSPS) is 10.9. The molecule has 4 rings (SSSR count). The van der Waals surface area contributed by atoms with Crippen molar-refractivity contribution in [3.05, 3.63) is 92.6 Å². The summed E-state index contributed by atoms with van der Waals surface area (Å²) in [5.74, 6) is 0.649. The van der Waals surface area contributed by atoms with Crippen LogP contribution in [0, 0.1) is 13.8 Å². The lowest BCUT2D eigenvalue weighted by Crippen LogP contribution is -2.17. The third kappa shape index (κ3) is 4.25. The van der Waals surface area contributed by atoms with Crippen molar-refractivity contribution >= 4 is 28.4 Å². The van der Waals surface area contributed by atoms with Gasteiger partial charge >= 0.3 is 0 Å². The van der Waals surface area contributed by atoms with Gasteiger partial charge in [-0.2, -0.15) is 0 Å². The molecule has 3 aromatic carbocycles. The fourth-order valence-corrected chi connectivity index (χ4v) is 3.48. The molecule has 0 aliphatic rings. The Morgan fingerprint density at radius 1 is 0.969 bits per heavy atom. The molecule has 0 aliphatic carbocycles. The predicted molar refractivity (Wildman–Crippen MR) is 125 cm³/mol. The lowest BCUT2D eigenvalue weighted by atomic mass is 10.0. The van der Waals surface area contributed by atoms with Gasteiger partial charge in [0.2, 0.25) is 11.2 Å². The number of methoxy groups -OCH3 is 1. The van der Waals surface area contributed by atoms with E-state index in [4.69, 9.17) is 25.5 Å². The van der Waals surface area contributed by atoms with E-state index in [0.29, 0.717) is 32.9 Å². The number of benzene rings is 3. The second kappa shape index (κ2) is 8.89. The molecule has 0 saturated carbocycles. The van der Waals surface area contributed by atoms with E-state index in [1.165, 1.54) is 0 Å². The number of hydrogen-bond acceptors (Lipinski definition) is 5. The van der Waals surface area contributed by atoms with Gasteiger partial charge in [-0.3, -0.25) is 9.59 Å². The van der Waals surface area contributed by atoms with Gasteiger partial charge in [0.15, 0.2) is 18.2 Å². The minimum Gasteiger partial charge on any atom is -0.497 e. The van der Waals surface area contributed by atoms with Crippen molar-refractivity contribution in [1.82, 2.24) is 0 Å². The molecule has 1 heterocycles. The van der Waals surface area contributed by atoms with Crippen molar-refractivity contribution in [2.24, 2.45) is 0 Å². The first kappa shape index (κ1) is 21.7. The maximum absolute atomic E-state index is 13.4. The van der Waals surface area contributed by atoms with Crippen molar-refractivity contribution in [3.63, 3.8) is 0 Å². The maximum Gasteiger partial charge on any atom is 0.235 e. The second-order valence-corrected chi connectivity index (χ2v) is 7.91. The van der Waals surface area contributed by atoms with E-state index in [0.717, 1.165) is 11.1 Å². The van der Waals surface area contributed by atoms with Crippen LogP contribution in [-0.2, 0) is 0 Å². The Labute approximate surface area is 190 Å². The van der Waals surface area contributed by atoms with Crippen molar-refractivity contribution < 1.29 is 18.7 Å². The van der Waals surface area contributed by atoms with Gasteiger partial charge in [-0.25, -0.2) is 0 Å². The van der Waals surface area contributed by atoms with E-state index >= 15 is 0 Å². The lowest BCUT2D eigenvalue weighted by Gasteiger charge is -2.13. The molecule has 1 aromatic heterocycles. The highest BCUT2D eigenvalue weighted by atomic mass is 35.5. The quantitative estimate of drug-likeness (QED) is 0.338. The number of ketones is 1. The fourth-order valence-electron chi connectivity index (χ4n) is 3.35. The summed E-state index contributed by atoms with van der Waals surface area (Å²) >= 11 is 5.89. The zero-order valence-corrected chi connectivity index (χ0v) is 18.7. The number of ether oxygens (including phenoxy) is 2. The Morgan fingerprint density at radius 2 is 1.62 bits per heavy atom. The molecule has 0 aliphatic heterocycles. The van der Waals surface area contributed by atoms with Crippen LogP contribution in [0.25, 0.3) is 22.3 Å². The van der Waals surface area contributed by atoms with Gasteiger partial charge in [0.05, 0.1) is 12.5 Å². The molecule has 0 amide bonds. The van der Waals surface area contributed by atoms with Crippen LogP contribution in [-0.4, -0.2) is 19.5 Å². The Morgan fingerprint density at radius 3 is 2.28 bits per heavy atom. The fraction of sp³-hybridized carbons (Fsp3) is 0.154. The number of carbonyl (C=O) groups is 1. The van der Waals surface area contributed by atoms with Crippen molar-refractivity contribution in [2.75, 3.05) is 13.7 Å². The van der Waals surface area contributed by atoms with E-state index in [1.807, 2.05) is 19.9 Å². The lowest BCUT2D eigenvalue weighted by molar-refractivity contribution is 0.0920. The summed E-state index contributed by atoms with van der Waals surface area (Å²) in [7, 11) is 1.58. The van der Waals surface area contributed by atoms with Crippen LogP contribution in [0.4, 0.5) is 0 Å². The van der Waals surface area contributed by atoms with Crippen LogP contribution in [0.3, 0.4) is 0 Å². The Hall–Kier alpha value is -3.57. The number of fused-ring (bicyclic) bond motifs is 1. The van der Waals surface area contributed by atoms with Crippen LogP contribution in [0.5, 0.6) is 11.5 Å². The third-order valence-corrected chi connectivity index (χ3v) is 5.58. The SMILES string of the molecule is COc1ccc(-c2oc3cc(C)c(C)cc3c(=O)c2OCC(=O)c2ccc(Cl)cc2)cc1.